The second kappa shape index (κ2) is 7.79. The van der Waals surface area contributed by atoms with Gasteiger partial charge in [-0.15, -0.1) is 0 Å². The predicted octanol–water partition coefficient (Wildman–Crippen LogP) is 2.94. The minimum atomic E-state index is 0.252. The molecule has 0 N–H and O–H groups in total. The molecule has 1 amide bonds. The van der Waals surface area contributed by atoms with E-state index in [1.807, 2.05) is 29.2 Å². The number of hydrogen-bond acceptors (Lipinski definition) is 2. The van der Waals surface area contributed by atoms with E-state index in [-0.39, 0.29) is 5.91 Å². The fraction of sp³-hybridized carbons (Fsp3) is 0.562. The van der Waals surface area contributed by atoms with Crippen LogP contribution in [0.5, 0.6) is 0 Å². The zero-order chi connectivity index (χ0) is 14.4. The van der Waals surface area contributed by atoms with Crippen molar-refractivity contribution in [2.75, 3.05) is 32.7 Å². The summed E-state index contributed by atoms with van der Waals surface area (Å²) in [5.74, 6) is 0.252. The van der Waals surface area contributed by atoms with Gasteiger partial charge < -0.3 is 4.90 Å². The number of benzene rings is 1. The van der Waals surface area contributed by atoms with Crippen LogP contribution in [0.1, 0.15) is 25.3 Å². The summed E-state index contributed by atoms with van der Waals surface area (Å²) in [7, 11) is 0. The highest BCUT2D eigenvalue weighted by Crippen LogP contribution is 2.12. The van der Waals surface area contributed by atoms with Gasteiger partial charge in [-0.3, -0.25) is 9.69 Å². The number of piperazine rings is 1. The first-order valence-corrected chi connectivity index (χ1v) is 8.23. The van der Waals surface area contributed by atoms with Gasteiger partial charge in [-0.1, -0.05) is 41.4 Å². The number of amides is 1. The Hall–Kier alpha value is -0.870. The molecule has 1 aromatic carbocycles. The van der Waals surface area contributed by atoms with E-state index in [9.17, 15) is 4.79 Å². The summed E-state index contributed by atoms with van der Waals surface area (Å²) in [6, 6.07) is 8.01. The van der Waals surface area contributed by atoms with Gasteiger partial charge in [0.05, 0.1) is 6.42 Å². The fourth-order valence-corrected chi connectivity index (χ4v) is 2.76. The van der Waals surface area contributed by atoms with Gasteiger partial charge in [0.15, 0.2) is 0 Å². The summed E-state index contributed by atoms with van der Waals surface area (Å²) in [6.45, 7) is 7.18. The van der Waals surface area contributed by atoms with Crippen LogP contribution in [0.4, 0.5) is 0 Å². The van der Waals surface area contributed by atoms with Crippen molar-refractivity contribution in [1.29, 1.82) is 0 Å². The highest BCUT2D eigenvalue weighted by Gasteiger charge is 2.20. The lowest BCUT2D eigenvalue weighted by molar-refractivity contribution is -0.132. The van der Waals surface area contributed by atoms with Gasteiger partial charge in [-0.25, -0.2) is 0 Å². The smallest absolute Gasteiger partial charge is 0.227 e. The first kappa shape index (κ1) is 15.5. The second-order valence-corrected chi connectivity index (χ2v) is 6.29. The normalized spacial score (nSPS) is 16.4. The molecule has 0 radical (unpaired) electrons. The number of unbranched alkanes of at least 4 members (excludes halogenated alkanes) is 1. The van der Waals surface area contributed by atoms with Crippen molar-refractivity contribution in [2.24, 2.45) is 0 Å². The molecule has 0 unspecified atom stereocenters. The number of rotatable bonds is 5. The van der Waals surface area contributed by atoms with E-state index < -0.39 is 0 Å². The average Bonchev–Trinajstić information content (AvgIpc) is 2.48. The van der Waals surface area contributed by atoms with Gasteiger partial charge in [0, 0.05) is 30.7 Å². The predicted molar refractivity (Wildman–Crippen MR) is 85.8 cm³/mol. The van der Waals surface area contributed by atoms with Crippen LogP contribution in [0.15, 0.2) is 28.7 Å². The van der Waals surface area contributed by atoms with Crippen molar-refractivity contribution in [3.8, 4) is 0 Å². The Bertz CT molecular complexity index is 425. The molecule has 110 valence electrons. The van der Waals surface area contributed by atoms with Crippen molar-refractivity contribution in [1.82, 2.24) is 9.80 Å². The Balaban J connectivity index is 1.78. The highest BCUT2D eigenvalue weighted by atomic mass is 79.9. The Morgan fingerprint density at radius 1 is 1.15 bits per heavy atom. The molecular weight excluding hydrogens is 316 g/mol. The summed E-state index contributed by atoms with van der Waals surface area (Å²) < 4.78 is 1.05. The number of nitrogens with zero attached hydrogens (tertiary/aromatic N) is 2. The second-order valence-electron chi connectivity index (χ2n) is 5.38. The molecule has 1 saturated heterocycles. The van der Waals surface area contributed by atoms with E-state index in [4.69, 9.17) is 0 Å². The zero-order valence-electron chi connectivity index (χ0n) is 12.1. The van der Waals surface area contributed by atoms with Crippen LogP contribution < -0.4 is 0 Å². The van der Waals surface area contributed by atoms with Crippen LogP contribution in [-0.4, -0.2) is 48.4 Å². The molecule has 0 bridgehead atoms. The number of hydrogen-bond donors (Lipinski definition) is 0. The monoisotopic (exact) mass is 338 g/mol. The molecule has 3 nitrogen and oxygen atoms in total. The molecule has 2 rings (SSSR count). The van der Waals surface area contributed by atoms with E-state index in [1.54, 1.807) is 0 Å². The minimum absolute atomic E-state index is 0.252. The molecule has 1 aliphatic heterocycles. The number of carbonyl (C=O) groups is 1. The van der Waals surface area contributed by atoms with Crippen molar-refractivity contribution in [3.63, 3.8) is 0 Å². The standard InChI is InChI=1S/C16H23BrN2O/c1-2-3-8-18-9-11-19(12-10-18)16(20)13-14-4-6-15(17)7-5-14/h4-7H,2-3,8-13H2,1H3. The number of halogens is 1. The molecule has 0 aliphatic carbocycles. The van der Waals surface area contributed by atoms with Gasteiger partial charge in [0.1, 0.15) is 0 Å². The molecular formula is C16H23BrN2O. The molecule has 4 heteroatoms. The maximum absolute atomic E-state index is 12.3. The van der Waals surface area contributed by atoms with Crippen LogP contribution >= 0.6 is 15.9 Å². The van der Waals surface area contributed by atoms with E-state index >= 15 is 0 Å². The largest absolute Gasteiger partial charge is 0.340 e. The van der Waals surface area contributed by atoms with Crippen molar-refractivity contribution in [3.05, 3.63) is 34.3 Å². The Labute approximate surface area is 130 Å². The fourth-order valence-electron chi connectivity index (χ4n) is 2.49. The third-order valence-corrected chi connectivity index (χ3v) is 4.35. The van der Waals surface area contributed by atoms with Crippen molar-refractivity contribution in [2.45, 2.75) is 26.2 Å². The lowest BCUT2D eigenvalue weighted by Gasteiger charge is -2.34. The van der Waals surface area contributed by atoms with Crippen molar-refractivity contribution < 1.29 is 4.79 Å². The lowest BCUT2D eigenvalue weighted by Crippen LogP contribution is -2.49. The van der Waals surface area contributed by atoms with Crippen LogP contribution in [0, 0.1) is 0 Å². The Morgan fingerprint density at radius 3 is 2.40 bits per heavy atom. The molecule has 0 aromatic heterocycles. The van der Waals surface area contributed by atoms with Crippen molar-refractivity contribution >= 4 is 21.8 Å². The summed E-state index contributed by atoms with van der Waals surface area (Å²) in [5.41, 5.74) is 1.09. The summed E-state index contributed by atoms with van der Waals surface area (Å²) in [6.07, 6.45) is 3.01. The highest BCUT2D eigenvalue weighted by molar-refractivity contribution is 9.10. The van der Waals surface area contributed by atoms with E-state index in [0.717, 1.165) is 36.2 Å². The minimum Gasteiger partial charge on any atom is -0.340 e. The molecule has 20 heavy (non-hydrogen) atoms. The SMILES string of the molecule is CCCCN1CCN(C(=O)Cc2ccc(Br)cc2)CC1. The lowest BCUT2D eigenvalue weighted by atomic mass is 10.1. The van der Waals surface area contributed by atoms with E-state index in [2.05, 4.69) is 27.8 Å². The van der Waals surface area contributed by atoms with Gasteiger partial charge in [0.2, 0.25) is 5.91 Å². The molecule has 1 aromatic rings. The topological polar surface area (TPSA) is 23.6 Å². The summed E-state index contributed by atoms with van der Waals surface area (Å²) in [5, 5.41) is 0. The van der Waals surface area contributed by atoms with E-state index in [0.29, 0.717) is 6.42 Å². The third kappa shape index (κ3) is 4.60. The van der Waals surface area contributed by atoms with Gasteiger partial charge in [0.25, 0.3) is 0 Å². The van der Waals surface area contributed by atoms with E-state index in [1.165, 1.54) is 19.4 Å². The third-order valence-electron chi connectivity index (χ3n) is 3.82. The maximum atomic E-state index is 12.3. The number of carbonyl (C=O) groups excluding carboxylic acids is 1. The Kier molecular flexibility index (Phi) is 6.05. The molecule has 0 spiro atoms. The molecule has 1 aliphatic rings. The molecule has 1 fully saturated rings. The van der Waals surface area contributed by atoms with Crippen LogP contribution in [0.3, 0.4) is 0 Å². The van der Waals surface area contributed by atoms with Gasteiger partial charge in [-0.2, -0.15) is 0 Å². The first-order chi connectivity index (χ1) is 9.69. The van der Waals surface area contributed by atoms with Gasteiger partial charge in [-0.05, 0) is 30.7 Å². The zero-order valence-corrected chi connectivity index (χ0v) is 13.7. The van der Waals surface area contributed by atoms with Crippen LogP contribution in [0.2, 0.25) is 0 Å². The van der Waals surface area contributed by atoms with Crippen LogP contribution in [-0.2, 0) is 11.2 Å². The first-order valence-electron chi connectivity index (χ1n) is 7.43. The van der Waals surface area contributed by atoms with Gasteiger partial charge >= 0.3 is 0 Å². The maximum Gasteiger partial charge on any atom is 0.227 e. The average molecular weight is 339 g/mol. The summed E-state index contributed by atoms with van der Waals surface area (Å²) in [4.78, 5) is 16.7. The van der Waals surface area contributed by atoms with Crippen LogP contribution in [0.25, 0.3) is 0 Å². The quantitative estimate of drug-likeness (QED) is 0.824. The molecule has 0 saturated carbocycles. The summed E-state index contributed by atoms with van der Waals surface area (Å²) >= 11 is 3.41. The Morgan fingerprint density at radius 2 is 1.80 bits per heavy atom. The molecule has 0 atom stereocenters. The molecule has 1 heterocycles.